The molecular weight excluding hydrogens is 280 g/mol. The smallest absolute Gasteiger partial charge is 0.207 e. The van der Waals surface area contributed by atoms with E-state index in [0.717, 1.165) is 35.9 Å². The Hall–Kier alpha value is -0.900. The van der Waals surface area contributed by atoms with Gasteiger partial charge in [0.25, 0.3) is 0 Å². The highest BCUT2D eigenvalue weighted by atomic mass is 79.9. The maximum Gasteiger partial charge on any atom is 0.207 e. The van der Waals surface area contributed by atoms with Crippen molar-refractivity contribution in [1.82, 2.24) is 9.78 Å². The van der Waals surface area contributed by atoms with Crippen molar-refractivity contribution in [3.05, 3.63) is 28.0 Å². The third kappa shape index (κ3) is 2.68. The van der Waals surface area contributed by atoms with Crippen molar-refractivity contribution in [3.8, 4) is 0 Å². The maximum absolute atomic E-state index is 12.5. The van der Waals surface area contributed by atoms with Crippen LogP contribution in [-0.4, -0.2) is 15.6 Å². The number of carbonyl (C=O) groups excluding carboxylic acids is 1. The molecule has 0 unspecified atom stereocenters. The van der Waals surface area contributed by atoms with Crippen molar-refractivity contribution >= 4 is 21.7 Å². The summed E-state index contributed by atoms with van der Waals surface area (Å²) in [7, 11) is 0. The van der Waals surface area contributed by atoms with E-state index in [0.29, 0.717) is 5.69 Å². The zero-order chi connectivity index (χ0) is 12.3. The Morgan fingerprint density at radius 3 is 3.06 bits per heavy atom. The summed E-state index contributed by atoms with van der Waals surface area (Å²) in [6, 6.07) is 0. The number of aromatic nitrogens is 2. The first kappa shape index (κ1) is 12.6. The molecule has 0 radical (unpaired) electrons. The molecule has 0 atom stereocenters. The number of aryl methyl sites for hydroxylation is 1. The predicted molar refractivity (Wildman–Crippen MR) is 71.1 cm³/mol. The van der Waals surface area contributed by atoms with Crippen LogP contribution >= 0.6 is 15.9 Å². The molecule has 1 aliphatic rings. The van der Waals surface area contributed by atoms with Gasteiger partial charge in [-0.25, -0.2) is 0 Å². The molecule has 0 aromatic carbocycles. The fourth-order valence-electron chi connectivity index (χ4n) is 2.20. The first-order valence-electron chi connectivity index (χ1n) is 6.19. The SMILES string of the molecule is CCn1ncc(Br)c1C(=O)C1=CCCCCC1. The topological polar surface area (TPSA) is 34.9 Å². The monoisotopic (exact) mass is 296 g/mol. The minimum atomic E-state index is 0.137. The highest BCUT2D eigenvalue weighted by Crippen LogP contribution is 2.24. The first-order chi connectivity index (χ1) is 8.24. The molecule has 1 aliphatic carbocycles. The number of allylic oxidation sites excluding steroid dienone is 2. The Balaban J connectivity index is 2.29. The number of ketones is 1. The quantitative estimate of drug-likeness (QED) is 0.797. The van der Waals surface area contributed by atoms with E-state index in [-0.39, 0.29) is 5.78 Å². The second kappa shape index (κ2) is 5.63. The van der Waals surface area contributed by atoms with Crippen LogP contribution in [0.15, 0.2) is 22.3 Å². The molecule has 0 saturated carbocycles. The van der Waals surface area contributed by atoms with E-state index >= 15 is 0 Å². The summed E-state index contributed by atoms with van der Waals surface area (Å²) in [4.78, 5) is 12.5. The number of Topliss-reactive ketones (excluding diaryl/α,β-unsaturated/α-hetero) is 1. The molecule has 0 fully saturated rings. The van der Waals surface area contributed by atoms with E-state index in [1.165, 1.54) is 12.8 Å². The van der Waals surface area contributed by atoms with E-state index < -0.39 is 0 Å². The summed E-state index contributed by atoms with van der Waals surface area (Å²) in [6.07, 6.45) is 9.28. The van der Waals surface area contributed by atoms with Gasteiger partial charge in [0, 0.05) is 6.54 Å². The van der Waals surface area contributed by atoms with Crippen LogP contribution in [0.3, 0.4) is 0 Å². The fourth-order valence-corrected chi connectivity index (χ4v) is 2.68. The molecule has 0 saturated heterocycles. The fraction of sp³-hybridized carbons (Fsp3) is 0.538. The van der Waals surface area contributed by atoms with Crippen molar-refractivity contribution < 1.29 is 4.79 Å². The lowest BCUT2D eigenvalue weighted by atomic mass is 10.0. The van der Waals surface area contributed by atoms with Crippen LogP contribution < -0.4 is 0 Å². The molecule has 0 amide bonds. The van der Waals surface area contributed by atoms with Gasteiger partial charge in [0.05, 0.1) is 10.7 Å². The Labute approximate surface area is 110 Å². The number of hydrogen-bond donors (Lipinski definition) is 0. The molecule has 1 aromatic heterocycles. The molecule has 0 N–H and O–H groups in total. The van der Waals surface area contributed by atoms with Crippen LogP contribution in [0.25, 0.3) is 0 Å². The van der Waals surface area contributed by atoms with E-state index in [1.54, 1.807) is 10.9 Å². The minimum Gasteiger partial charge on any atom is -0.287 e. The van der Waals surface area contributed by atoms with Gasteiger partial charge in [-0.15, -0.1) is 0 Å². The zero-order valence-corrected chi connectivity index (χ0v) is 11.7. The van der Waals surface area contributed by atoms with Crippen molar-refractivity contribution in [2.45, 2.75) is 45.6 Å². The van der Waals surface area contributed by atoms with Crippen molar-refractivity contribution in [3.63, 3.8) is 0 Å². The molecule has 3 nitrogen and oxygen atoms in total. The van der Waals surface area contributed by atoms with Gasteiger partial charge in [0.2, 0.25) is 5.78 Å². The molecule has 0 aliphatic heterocycles. The van der Waals surface area contributed by atoms with E-state index in [4.69, 9.17) is 0 Å². The van der Waals surface area contributed by atoms with Gasteiger partial charge in [-0.3, -0.25) is 9.48 Å². The molecule has 2 rings (SSSR count). The second-order valence-corrected chi connectivity index (χ2v) is 5.17. The van der Waals surface area contributed by atoms with Gasteiger partial charge in [-0.05, 0) is 54.1 Å². The second-order valence-electron chi connectivity index (χ2n) is 4.31. The summed E-state index contributed by atoms with van der Waals surface area (Å²) in [5.74, 6) is 0.137. The number of rotatable bonds is 3. The van der Waals surface area contributed by atoms with Gasteiger partial charge in [0.1, 0.15) is 5.69 Å². The maximum atomic E-state index is 12.5. The highest BCUT2D eigenvalue weighted by molar-refractivity contribution is 9.10. The number of nitrogens with zero attached hydrogens (tertiary/aromatic N) is 2. The Morgan fingerprint density at radius 2 is 2.29 bits per heavy atom. The van der Waals surface area contributed by atoms with E-state index in [2.05, 4.69) is 27.1 Å². The minimum absolute atomic E-state index is 0.137. The van der Waals surface area contributed by atoms with Crippen molar-refractivity contribution in [2.75, 3.05) is 0 Å². The van der Waals surface area contributed by atoms with Gasteiger partial charge < -0.3 is 0 Å². The number of carbonyl (C=O) groups is 1. The van der Waals surface area contributed by atoms with Gasteiger partial charge in [-0.1, -0.05) is 12.5 Å². The Bertz CT molecular complexity index is 448. The lowest BCUT2D eigenvalue weighted by Crippen LogP contribution is -2.12. The van der Waals surface area contributed by atoms with Gasteiger partial charge in [0.15, 0.2) is 0 Å². The standard InChI is InChI=1S/C13H17BrN2O/c1-2-16-12(11(14)9-15-16)13(17)10-7-5-3-4-6-8-10/h7,9H,2-6,8H2,1H3. The Kier molecular flexibility index (Phi) is 4.15. The molecule has 1 heterocycles. The third-order valence-electron chi connectivity index (χ3n) is 3.14. The highest BCUT2D eigenvalue weighted by Gasteiger charge is 2.20. The molecule has 92 valence electrons. The molecule has 0 spiro atoms. The first-order valence-corrected chi connectivity index (χ1v) is 6.98. The van der Waals surface area contributed by atoms with E-state index in [9.17, 15) is 4.79 Å². The van der Waals surface area contributed by atoms with Crippen molar-refractivity contribution in [2.24, 2.45) is 0 Å². The van der Waals surface area contributed by atoms with Crippen LogP contribution in [0.4, 0.5) is 0 Å². The Morgan fingerprint density at radius 1 is 1.47 bits per heavy atom. The average Bonchev–Trinajstić information content (AvgIpc) is 2.56. The van der Waals surface area contributed by atoms with Crippen LogP contribution in [-0.2, 0) is 6.54 Å². The van der Waals surface area contributed by atoms with E-state index in [1.807, 2.05) is 6.92 Å². The van der Waals surface area contributed by atoms with Gasteiger partial charge >= 0.3 is 0 Å². The number of hydrogen-bond acceptors (Lipinski definition) is 2. The van der Waals surface area contributed by atoms with Crippen LogP contribution in [0, 0.1) is 0 Å². The van der Waals surface area contributed by atoms with Crippen LogP contribution in [0.2, 0.25) is 0 Å². The van der Waals surface area contributed by atoms with Crippen LogP contribution in [0.5, 0.6) is 0 Å². The molecular formula is C13H17BrN2O. The number of halogens is 1. The average molecular weight is 297 g/mol. The molecule has 4 heteroatoms. The zero-order valence-electron chi connectivity index (χ0n) is 10.1. The van der Waals surface area contributed by atoms with Gasteiger partial charge in [-0.2, -0.15) is 5.10 Å². The summed E-state index contributed by atoms with van der Waals surface area (Å²) < 4.78 is 2.56. The lowest BCUT2D eigenvalue weighted by Gasteiger charge is -2.07. The van der Waals surface area contributed by atoms with Crippen molar-refractivity contribution in [1.29, 1.82) is 0 Å². The summed E-state index contributed by atoms with van der Waals surface area (Å²) in [5.41, 5.74) is 1.65. The normalized spacial score (nSPS) is 16.5. The molecule has 17 heavy (non-hydrogen) atoms. The summed E-state index contributed by atoms with van der Waals surface area (Å²) in [5, 5.41) is 4.20. The third-order valence-corrected chi connectivity index (χ3v) is 3.72. The summed E-state index contributed by atoms with van der Waals surface area (Å²) >= 11 is 3.41. The summed E-state index contributed by atoms with van der Waals surface area (Å²) in [6.45, 7) is 2.72. The molecule has 1 aromatic rings. The molecule has 0 bridgehead atoms. The predicted octanol–water partition coefficient (Wildman–Crippen LogP) is 3.74. The lowest BCUT2D eigenvalue weighted by molar-refractivity contribution is 0.102. The largest absolute Gasteiger partial charge is 0.287 e. The van der Waals surface area contributed by atoms with Crippen LogP contribution in [0.1, 0.15) is 49.5 Å².